The smallest absolute Gasteiger partial charge is 0.231 e. The molecule has 5 heteroatoms. The third-order valence-corrected chi connectivity index (χ3v) is 4.26. The summed E-state index contributed by atoms with van der Waals surface area (Å²) in [5.74, 6) is 0.967. The summed E-state index contributed by atoms with van der Waals surface area (Å²) < 4.78 is 23.9. The number of amides is 1. The number of fused-ring (bicyclic) bond motifs is 1. The molecule has 0 saturated heterocycles. The highest BCUT2D eigenvalue weighted by atomic mass is 19.1. The zero-order valence-corrected chi connectivity index (χ0v) is 13.8. The van der Waals surface area contributed by atoms with Crippen LogP contribution in [0, 0.1) is 5.82 Å². The fourth-order valence-corrected chi connectivity index (χ4v) is 3.09. The maximum absolute atomic E-state index is 13.4. The molecule has 0 fully saturated rings. The number of methoxy groups -OCH3 is 2. The quantitative estimate of drug-likeness (QED) is 0.863. The van der Waals surface area contributed by atoms with Gasteiger partial charge >= 0.3 is 0 Å². The van der Waals surface area contributed by atoms with E-state index in [1.807, 2.05) is 12.1 Å². The van der Waals surface area contributed by atoms with E-state index in [0.29, 0.717) is 18.0 Å². The van der Waals surface area contributed by atoms with Crippen molar-refractivity contribution in [2.24, 2.45) is 0 Å². The van der Waals surface area contributed by atoms with Crippen LogP contribution in [0.3, 0.4) is 0 Å². The average molecular weight is 329 g/mol. The van der Waals surface area contributed by atoms with E-state index in [1.54, 1.807) is 31.3 Å². The standard InChI is InChI=1S/C19H20FNO3/c1-23-17-8-5-13(10-18(17)24-2)11-19(22)21-9-3-4-14-12-15(20)6-7-16(14)21/h5-8,10,12H,3-4,9,11H2,1-2H3. The summed E-state index contributed by atoms with van der Waals surface area (Å²) in [6.45, 7) is 0.657. The van der Waals surface area contributed by atoms with Gasteiger partial charge in [-0.25, -0.2) is 4.39 Å². The van der Waals surface area contributed by atoms with Crippen LogP contribution in [0.1, 0.15) is 17.5 Å². The molecule has 0 unspecified atom stereocenters. The Labute approximate surface area is 140 Å². The number of hydrogen-bond donors (Lipinski definition) is 0. The molecule has 0 radical (unpaired) electrons. The Balaban J connectivity index is 1.81. The number of rotatable bonds is 4. The SMILES string of the molecule is COc1ccc(CC(=O)N2CCCc3cc(F)ccc32)cc1OC. The van der Waals surface area contributed by atoms with E-state index in [4.69, 9.17) is 9.47 Å². The number of carbonyl (C=O) groups is 1. The monoisotopic (exact) mass is 329 g/mol. The van der Waals surface area contributed by atoms with E-state index >= 15 is 0 Å². The van der Waals surface area contributed by atoms with Crippen LogP contribution >= 0.6 is 0 Å². The lowest BCUT2D eigenvalue weighted by Gasteiger charge is -2.29. The zero-order valence-electron chi connectivity index (χ0n) is 13.8. The fraction of sp³-hybridized carbons (Fsp3) is 0.316. The molecule has 0 spiro atoms. The number of benzene rings is 2. The Morgan fingerprint density at radius 1 is 1.12 bits per heavy atom. The van der Waals surface area contributed by atoms with Gasteiger partial charge in [0.05, 0.1) is 20.6 Å². The van der Waals surface area contributed by atoms with Crippen molar-refractivity contribution < 1.29 is 18.7 Å². The van der Waals surface area contributed by atoms with Crippen LogP contribution in [0.25, 0.3) is 0 Å². The minimum atomic E-state index is -0.261. The van der Waals surface area contributed by atoms with Crippen LogP contribution in [0.5, 0.6) is 11.5 Å². The Morgan fingerprint density at radius 2 is 1.92 bits per heavy atom. The van der Waals surface area contributed by atoms with Gasteiger partial charge in [-0.15, -0.1) is 0 Å². The highest BCUT2D eigenvalue weighted by molar-refractivity contribution is 5.96. The summed E-state index contributed by atoms with van der Waals surface area (Å²) >= 11 is 0. The van der Waals surface area contributed by atoms with Crippen LogP contribution in [0.15, 0.2) is 36.4 Å². The van der Waals surface area contributed by atoms with Crippen molar-refractivity contribution in [1.29, 1.82) is 0 Å². The van der Waals surface area contributed by atoms with Crippen molar-refractivity contribution in [3.05, 3.63) is 53.3 Å². The molecule has 4 nitrogen and oxygen atoms in total. The number of halogens is 1. The van der Waals surface area contributed by atoms with Gasteiger partial charge in [-0.2, -0.15) is 0 Å². The third kappa shape index (κ3) is 3.20. The number of carbonyl (C=O) groups excluding carboxylic acids is 1. The van der Waals surface area contributed by atoms with Crippen molar-refractivity contribution >= 4 is 11.6 Å². The van der Waals surface area contributed by atoms with Crippen molar-refractivity contribution in [3.63, 3.8) is 0 Å². The molecule has 126 valence electrons. The fourth-order valence-electron chi connectivity index (χ4n) is 3.09. The normalized spacial score (nSPS) is 13.4. The molecule has 2 aromatic carbocycles. The highest BCUT2D eigenvalue weighted by Crippen LogP contribution is 2.30. The molecule has 0 aliphatic carbocycles. The summed E-state index contributed by atoms with van der Waals surface area (Å²) in [4.78, 5) is 14.5. The van der Waals surface area contributed by atoms with Gasteiger partial charge in [-0.05, 0) is 54.3 Å². The van der Waals surface area contributed by atoms with E-state index in [-0.39, 0.29) is 18.1 Å². The van der Waals surface area contributed by atoms with Gasteiger partial charge in [0, 0.05) is 12.2 Å². The summed E-state index contributed by atoms with van der Waals surface area (Å²) in [7, 11) is 3.14. The molecule has 1 aliphatic heterocycles. The molecule has 0 saturated carbocycles. The first-order valence-electron chi connectivity index (χ1n) is 7.92. The Bertz CT molecular complexity index is 760. The van der Waals surface area contributed by atoms with Crippen molar-refractivity contribution in [3.8, 4) is 11.5 Å². The Hall–Kier alpha value is -2.56. The zero-order chi connectivity index (χ0) is 17.1. The summed E-state index contributed by atoms with van der Waals surface area (Å²) in [6.07, 6.45) is 1.90. The molecule has 1 amide bonds. The van der Waals surface area contributed by atoms with Crippen LogP contribution < -0.4 is 14.4 Å². The predicted molar refractivity (Wildman–Crippen MR) is 90.3 cm³/mol. The maximum Gasteiger partial charge on any atom is 0.231 e. The number of nitrogens with zero attached hydrogens (tertiary/aromatic N) is 1. The van der Waals surface area contributed by atoms with Gasteiger partial charge in [0.1, 0.15) is 5.82 Å². The van der Waals surface area contributed by atoms with Gasteiger partial charge in [-0.1, -0.05) is 6.07 Å². The first kappa shape index (κ1) is 16.3. The molecule has 3 rings (SSSR count). The van der Waals surface area contributed by atoms with Crippen LogP contribution in [0.4, 0.5) is 10.1 Å². The van der Waals surface area contributed by atoms with E-state index in [0.717, 1.165) is 29.7 Å². The van der Waals surface area contributed by atoms with Crippen LogP contribution in [0.2, 0.25) is 0 Å². The molecule has 24 heavy (non-hydrogen) atoms. The number of aryl methyl sites for hydroxylation is 1. The number of anilines is 1. The molecule has 0 aromatic heterocycles. The van der Waals surface area contributed by atoms with Gasteiger partial charge in [-0.3, -0.25) is 4.79 Å². The first-order valence-corrected chi connectivity index (χ1v) is 7.92. The van der Waals surface area contributed by atoms with Gasteiger partial charge in [0.2, 0.25) is 5.91 Å². The van der Waals surface area contributed by atoms with Crippen molar-refractivity contribution in [2.45, 2.75) is 19.3 Å². The Kier molecular flexibility index (Phi) is 4.69. The molecule has 1 aliphatic rings. The molecular weight excluding hydrogens is 309 g/mol. The largest absolute Gasteiger partial charge is 0.493 e. The lowest BCUT2D eigenvalue weighted by Crippen LogP contribution is -2.36. The van der Waals surface area contributed by atoms with Crippen molar-refractivity contribution in [1.82, 2.24) is 0 Å². The minimum absolute atomic E-state index is 0.00484. The lowest BCUT2D eigenvalue weighted by molar-refractivity contribution is -0.118. The van der Waals surface area contributed by atoms with Crippen LogP contribution in [-0.4, -0.2) is 26.7 Å². The minimum Gasteiger partial charge on any atom is -0.493 e. The van der Waals surface area contributed by atoms with E-state index in [1.165, 1.54) is 12.1 Å². The number of ether oxygens (including phenoxy) is 2. The first-order chi connectivity index (χ1) is 11.6. The predicted octanol–water partition coefficient (Wildman–Crippen LogP) is 3.36. The molecule has 0 bridgehead atoms. The second-order valence-electron chi connectivity index (χ2n) is 5.79. The highest BCUT2D eigenvalue weighted by Gasteiger charge is 2.23. The summed E-state index contributed by atoms with van der Waals surface area (Å²) in [5, 5.41) is 0. The van der Waals surface area contributed by atoms with E-state index < -0.39 is 0 Å². The second kappa shape index (κ2) is 6.91. The van der Waals surface area contributed by atoms with E-state index in [9.17, 15) is 9.18 Å². The average Bonchev–Trinajstić information content (AvgIpc) is 2.60. The lowest BCUT2D eigenvalue weighted by atomic mass is 10.0. The van der Waals surface area contributed by atoms with Crippen LogP contribution in [-0.2, 0) is 17.6 Å². The molecule has 2 aromatic rings. The van der Waals surface area contributed by atoms with Gasteiger partial charge < -0.3 is 14.4 Å². The molecule has 0 N–H and O–H groups in total. The molecule has 0 atom stereocenters. The molecular formula is C19H20FNO3. The second-order valence-corrected chi connectivity index (χ2v) is 5.79. The topological polar surface area (TPSA) is 38.8 Å². The van der Waals surface area contributed by atoms with E-state index in [2.05, 4.69) is 0 Å². The van der Waals surface area contributed by atoms with Crippen molar-refractivity contribution in [2.75, 3.05) is 25.7 Å². The van der Waals surface area contributed by atoms with Gasteiger partial charge in [0.15, 0.2) is 11.5 Å². The number of hydrogen-bond acceptors (Lipinski definition) is 3. The summed E-state index contributed by atoms with van der Waals surface area (Å²) in [6, 6.07) is 10.1. The van der Waals surface area contributed by atoms with Gasteiger partial charge in [0.25, 0.3) is 0 Å². The summed E-state index contributed by atoms with van der Waals surface area (Å²) in [5.41, 5.74) is 2.56. The third-order valence-electron chi connectivity index (χ3n) is 4.26. The molecule has 1 heterocycles. The maximum atomic E-state index is 13.4. The Morgan fingerprint density at radius 3 is 2.67 bits per heavy atom.